The van der Waals surface area contributed by atoms with Crippen molar-refractivity contribution in [3.05, 3.63) is 77.4 Å². The summed E-state index contributed by atoms with van der Waals surface area (Å²) >= 11 is 0. The van der Waals surface area contributed by atoms with Gasteiger partial charge in [0.1, 0.15) is 11.5 Å². The van der Waals surface area contributed by atoms with E-state index in [0.29, 0.717) is 11.1 Å². The number of halogens is 4. The second-order valence-electron chi connectivity index (χ2n) is 9.66. The molecule has 0 aromatic heterocycles. The van der Waals surface area contributed by atoms with Gasteiger partial charge in [-0.2, -0.15) is 13.2 Å². The fourth-order valence-electron chi connectivity index (χ4n) is 5.07. The smallest absolute Gasteiger partial charge is 0.387 e. The Balaban J connectivity index is 1.46. The molecule has 1 aliphatic carbocycles. The van der Waals surface area contributed by atoms with Crippen LogP contribution in [0.3, 0.4) is 0 Å². The van der Waals surface area contributed by atoms with Crippen LogP contribution in [0, 0.1) is 30.4 Å². The highest BCUT2D eigenvalue weighted by molar-refractivity contribution is 5.70. The quantitative estimate of drug-likeness (QED) is 0.272. The Bertz CT molecular complexity index is 1140. The van der Waals surface area contributed by atoms with Gasteiger partial charge in [0.2, 0.25) is 5.82 Å². The summed E-state index contributed by atoms with van der Waals surface area (Å²) in [5, 5.41) is 0. The van der Waals surface area contributed by atoms with Crippen LogP contribution in [0.1, 0.15) is 56.6 Å². The van der Waals surface area contributed by atoms with E-state index in [9.17, 15) is 17.6 Å². The second-order valence-corrected chi connectivity index (χ2v) is 9.66. The highest BCUT2D eigenvalue weighted by Gasteiger charge is 2.21. The molecule has 192 valence electrons. The van der Waals surface area contributed by atoms with Crippen LogP contribution in [-0.4, -0.2) is 6.61 Å². The van der Waals surface area contributed by atoms with Crippen LogP contribution in [0.4, 0.5) is 17.6 Å². The molecule has 1 fully saturated rings. The average Bonchev–Trinajstić information content (AvgIpc) is 2.89. The number of rotatable bonds is 9. The first-order valence-electron chi connectivity index (χ1n) is 12.6. The molecule has 6 heteroatoms. The van der Waals surface area contributed by atoms with Crippen molar-refractivity contribution in [2.45, 2.75) is 65.4 Å². The van der Waals surface area contributed by atoms with Gasteiger partial charge in [-0.3, -0.25) is 0 Å². The zero-order valence-electron chi connectivity index (χ0n) is 20.7. The molecule has 0 radical (unpaired) electrons. The SMILES string of the molecule is CCC1CCC(CCc2ccc(-c3cc(F)c(F)c(Oc4ccc(OC(F)F)cc4)c3C)cc2)CC1. The molecule has 0 bridgehead atoms. The van der Waals surface area contributed by atoms with Crippen molar-refractivity contribution in [3.8, 4) is 28.4 Å². The maximum absolute atomic E-state index is 14.7. The van der Waals surface area contributed by atoms with Crippen LogP contribution < -0.4 is 9.47 Å². The normalized spacial score (nSPS) is 17.9. The molecular weight excluding hydrogens is 468 g/mol. The lowest BCUT2D eigenvalue weighted by molar-refractivity contribution is -0.0498. The number of benzene rings is 3. The molecule has 0 heterocycles. The predicted molar refractivity (Wildman–Crippen MR) is 134 cm³/mol. The Morgan fingerprint density at radius 2 is 1.47 bits per heavy atom. The van der Waals surface area contributed by atoms with Crippen LogP contribution in [0.2, 0.25) is 0 Å². The van der Waals surface area contributed by atoms with Gasteiger partial charge >= 0.3 is 6.61 Å². The molecule has 0 atom stereocenters. The molecular formula is C30H32F4O2. The van der Waals surface area contributed by atoms with Gasteiger partial charge in [0.05, 0.1) is 0 Å². The van der Waals surface area contributed by atoms with Gasteiger partial charge in [-0.1, -0.05) is 63.3 Å². The van der Waals surface area contributed by atoms with E-state index in [-0.39, 0.29) is 17.2 Å². The average molecular weight is 501 g/mol. The van der Waals surface area contributed by atoms with Gasteiger partial charge in [0.15, 0.2) is 11.6 Å². The molecule has 1 aliphatic rings. The summed E-state index contributed by atoms with van der Waals surface area (Å²) in [4.78, 5) is 0. The summed E-state index contributed by atoms with van der Waals surface area (Å²) < 4.78 is 63.8. The Morgan fingerprint density at radius 3 is 2.08 bits per heavy atom. The lowest BCUT2D eigenvalue weighted by Gasteiger charge is -2.27. The van der Waals surface area contributed by atoms with Crippen LogP contribution in [0.25, 0.3) is 11.1 Å². The topological polar surface area (TPSA) is 18.5 Å². The summed E-state index contributed by atoms with van der Waals surface area (Å²) in [7, 11) is 0. The summed E-state index contributed by atoms with van der Waals surface area (Å²) in [6, 6.07) is 14.4. The van der Waals surface area contributed by atoms with Gasteiger partial charge in [0, 0.05) is 5.56 Å². The van der Waals surface area contributed by atoms with Crippen molar-refractivity contribution in [1.29, 1.82) is 0 Å². The predicted octanol–water partition coefficient (Wildman–Crippen LogP) is 9.48. The fourth-order valence-corrected chi connectivity index (χ4v) is 5.07. The maximum Gasteiger partial charge on any atom is 0.387 e. The first-order valence-corrected chi connectivity index (χ1v) is 12.6. The van der Waals surface area contributed by atoms with Crippen molar-refractivity contribution >= 4 is 0 Å². The minimum atomic E-state index is -2.95. The van der Waals surface area contributed by atoms with Crippen molar-refractivity contribution in [3.63, 3.8) is 0 Å². The van der Waals surface area contributed by atoms with E-state index in [1.165, 1.54) is 74.4 Å². The first kappa shape index (κ1) is 26.1. The Hall–Kier alpha value is -3.02. The Kier molecular flexibility index (Phi) is 8.55. The summed E-state index contributed by atoms with van der Waals surface area (Å²) in [5.74, 6) is -0.543. The van der Waals surface area contributed by atoms with Crippen LogP contribution >= 0.6 is 0 Å². The Labute approximate surface area is 210 Å². The molecule has 0 aliphatic heterocycles. The monoisotopic (exact) mass is 500 g/mol. The Morgan fingerprint density at radius 1 is 0.861 bits per heavy atom. The molecule has 0 unspecified atom stereocenters. The molecule has 2 nitrogen and oxygen atoms in total. The lowest BCUT2D eigenvalue weighted by atomic mass is 9.78. The zero-order chi connectivity index (χ0) is 25.7. The maximum atomic E-state index is 14.7. The van der Waals surface area contributed by atoms with E-state index in [0.717, 1.165) is 23.8 Å². The van der Waals surface area contributed by atoms with E-state index < -0.39 is 18.2 Å². The zero-order valence-corrected chi connectivity index (χ0v) is 20.7. The number of ether oxygens (including phenoxy) is 2. The molecule has 1 saturated carbocycles. The molecule has 4 rings (SSSR count). The molecule has 3 aromatic carbocycles. The third-order valence-corrected chi connectivity index (χ3v) is 7.34. The summed E-state index contributed by atoms with van der Waals surface area (Å²) in [6.07, 6.45) is 8.79. The number of aryl methyl sites for hydroxylation is 1. The lowest BCUT2D eigenvalue weighted by Crippen LogP contribution is -2.14. The fraction of sp³-hybridized carbons (Fsp3) is 0.400. The van der Waals surface area contributed by atoms with Gasteiger partial charge in [-0.15, -0.1) is 0 Å². The van der Waals surface area contributed by atoms with Crippen molar-refractivity contribution in [1.82, 2.24) is 0 Å². The highest BCUT2D eigenvalue weighted by Crippen LogP contribution is 2.38. The first-order chi connectivity index (χ1) is 17.3. The van der Waals surface area contributed by atoms with E-state index in [2.05, 4.69) is 23.8 Å². The largest absolute Gasteiger partial charge is 0.454 e. The van der Waals surface area contributed by atoms with Crippen molar-refractivity contribution < 1.29 is 27.0 Å². The van der Waals surface area contributed by atoms with E-state index in [4.69, 9.17) is 4.74 Å². The summed E-state index contributed by atoms with van der Waals surface area (Å²) in [6.45, 7) is 0.999. The number of hydrogen-bond acceptors (Lipinski definition) is 2. The summed E-state index contributed by atoms with van der Waals surface area (Å²) in [5.41, 5.74) is 2.98. The minimum Gasteiger partial charge on any atom is -0.454 e. The van der Waals surface area contributed by atoms with Gasteiger partial charge < -0.3 is 9.47 Å². The highest BCUT2D eigenvalue weighted by atomic mass is 19.3. The molecule has 3 aromatic rings. The second kappa shape index (κ2) is 11.8. The van der Waals surface area contributed by atoms with Crippen LogP contribution in [0.15, 0.2) is 54.6 Å². The molecule has 0 N–H and O–H groups in total. The van der Waals surface area contributed by atoms with E-state index >= 15 is 0 Å². The number of alkyl halides is 2. The molecule has 0 amide bonds. The van der Waals surface area contributed by atoms with Crippen molar-refractivity contribution in [2.75, 3.05) is 0 Å². The van der Waals surface area contributed by atoms with Gasteiger partial charge in [-0.25, -0.2) is 4.39 Å². The van der Waals surface area contributed by atoms with Gasteiger partial charge in [-0.05, 0) is 78.6 Å². The van der Waals surface area contributed by atoms with E-state index in [1.54, 1.807) is 6.92 Å². The molecule has 0 spiro atoms. The third-order valence-electron chi connectivity index (χ3n) is 7.34. The van der Waals surface area contributed by atoms with Crippen LogP contribution in [0.5, 0.6) is 17.2 Å². The van der Waals surface area contributed by atoms with Gasteiger partial charge in [0.25, 0.3) is 0 Å². The standard InChI is InChI=1S/C30H32F4O2/c1-3-20-4-6-21(7-5-20)8-9-22-10-12-23(13-11-22)26-18-27(31)28(32)29(19(26)2)35-24-14-16-25(17-15-24)36-30(33)34/h10-18,20-21,30H,3-9H2,1-2H3. The molecule has 0 saturated heterocycles. The van der Waals surface area contributed by atoms with E-state index in [1.807, 2.05) is 12.1 Å². The molecule has 36 heavy (non-hydrogen) atoms. The minimum absolute atomic E-state index is 0.0526. The third kappa shape index (κ3) is 6.40. The van der Waals surface area contributed by atoms with Crippen LogP contribution in [-0.2, 0) is 6.42 Å². The number of hydrogen-bond donors (Lipinski definition) is 0. The van der Waals surface area contributed by atoms with Crippen molar-refractivity contribution in [2.24, 2.45) is 11.8 Å².